The molecule has 0 spiro atoms. The zero-order valence-corrected chi connectivity index (χ0v) is 8.63. The molecule has 0 aliphatic carbocycles. The first-order valence-corrected chi connectivity index (χ1v) is 4.78. The number of carbonyl (C=O) groups is 2. The molecule has 1 rings (SSSR count). The lowest BCUT2D eigenvalue weighted by Gasteiger charge is -2.09. The van der Waals surface area contributed by atoms with Gasteiger partial charge in [-0.1, -0.05) is 30.3 Å². The van der Waals surface area contributed by atoms with Crippen molar-refractivity contribution < 1.29 is 19.4 Å². The highest BCUT2D eigenvalue weighted by atomic mass is 16.5. The maximum absolute atomic E-state index is 11.3. The maximum Gasteiger partial charge on any atom is 0.321 e. The van der Waals surface area contributed by atoms with Gasteiger partial charge >= 0.3 is 11.9 Å². The van der Waals surface area contributed by atoms with Crippen LogP contribution in [0.3, 0.4) is 0 Å². The van der Waals surface area contributed by atoms with Crippen LogP contribution in [0.5, 0.6) is 0 Å². The van der Waals surface area contributed by atoms with Gasteiger partial charge in [-0.3, -0.25) is 9.59 Å². The van der Waals surface area contributed by atoms with Crippen LogP contribution >= 0.6 is 0 Å². The minimum Gasteiger partial charge on any atom is -0.481 e. The van der Waals surface area contributed by atoms with E-state index in [1.165, 1.54) is 0 Å². The summed E-state index contributed by atoms with van der Waals surface area (Å²) >= 11 is 0. The Bertz CT molecular complexity index is 364. The summed E-state index contributed by atoms with van der Waals surface area (Å²) in [6, 6.07) is 9.02. The Morgan fingerprint density at radius 2 is 1.94 bits per heavy atom. The molecule has 5 heteroatoms. The van der Waals surface area contributed by atoms with E-state index in [2.05, 4.69) is 0 Å². The van der Waals surface area contributed by atoms with E-state index in [0.717, 1.165) is 5.56 Å². The molecule has 0 bridgehead atoms. The Morgan fingerprint density at radius 3 is 2.44 bits per heavy atom. The number of benzene rings is 1. The predicted molar refractivity (Wildman–Crippen MR) is 56.4 cm³/mol. The molecule has 1 aromatic carbocycles. The molecule has 5 nitrogen and oxygen atoms in total. The van der Waals surface area contributed by atoms with Gasteiger partial charge in [-0.2, -0.15) is 0 Å². The van der Waals surface area contributed by atoms with Crippen LogP contribution in [0, 0.1) is 5.92 Å². The third-order valence-corrected chi connectivity index (χ3v) is 2.04. The van der Waals surface area contributed by atoms with Crippen LogP contribution in [-0.2, 0) is 20.9 Å². The van der Waals surface area contributed by atoms with Gasteiger partial charge in [0, 0.05) is 6.54 Å². The Balaban J connectivity index is 2.49. The minimum atomic E-state index is -1.29. The Kier molecular flexibility index (Phi) is 4.47. The predicted octanol–water partition coefficient (Wildman–Crippen LogP) is 0.389. The van der Waals surface area contributed by atoms with Crippen molar-refractivity contribution in [1.82, 2.24) is 0 Å². The fraction of sp³-hybridized carbons (Fsp3) is 0.273. The van der Waals surface area contributed by atoms with E-state index in [1.54, 1.807) is 24.3 Å². The first-order valence-electron chi connectivity index (χ1n) is 4.78. The van der Waals surface area contributed by atoms with E-state index in [-0.39, 0.29) is 13.2 Å². The lowest BCUT2D eigenvalue weighted by Crippen LogP contribution is -2.32. The minimum absolute atomic E-state index is 0.0590. The summed E-state index contributed by atoms with van der Waals surface area (Å²) in [5, 5.41) is 8.66. The van der Waals surface area contributed by atoms with Crippen molar-refractivity contribution >= 4 is 11.9 Å². The Hall–Kier alpha value is -1.88. The van der Waals surface area contributed by atoms with Crippen LogP contribution in [0.25, 0.3) is 0 Å². The lowest BCUT2D eigenvalue weighted by molar-refractivity contribution is -0.159. The molecule has 0 aliphatic rings. The SMILES string of the molecule is NC[C@H](C(=O)O)C(=O)OCc1ccccc1. The third-order valence-electron chi connectivity index (χ3n) is 2.04. The third kappa shape index (κ3) is 3.36. The highest BCUT2D eigenvalue weighted by Gasteiger charge is 2.25. The van der Waals surface area contributed by atoms with Crippen LogP contribution in [0.15, 0.2) is 30.3 Å². The van der Waals surface area contributed by atoms with Crippen LogP contribution < -0.4 is 5.73 Å². The topological polar surface area (TPSA) is 89.6 Å². The van der Waals surface area contributed by atoms with Crippen LogP contribution in [-0.4, -0.2) is 23.6 Å². The number of hydrogen-bond donors (Lipinski definition) is 2. The zero-order valence-electron chi connectivity index (χ0n) is 8.63. The molecule has 1 aromatic rings. The molecular formula is C11H13NO4. The summed E-state index contributed by atoms with van der Waals surface area (Å²) in [6.07, 6.45) is 0. The zero-order chi connectivity index (χ0) is 12.0. The molecule has 0 saturated carbocycles. The fourth-order valence-electron chi connectivity index (χ4n) is 1.13. The van der Waals surface area contributed by atoms with Crippen molar-refractivity contribution in [2.45, 2.75) is 6.61 Å². The second-order valence-electron chi connectivity index (χ2n) is 3.22. The van der Waals surface area contributed by atoms with Gasteiger partial charge in [-0.15, -0.1) is 0 Å². The number of rotatable bonds is 5. The molecule has 3 N–H and O–H groups in total. The number of aliphatic carboxylic acids is 1. The molecule has 0 fully saturated rings. The maximum atomic E-state index is 11.3. The number of esters is 1. The normalized spacial score (nSPS) is 11.8. The Labute approximate surface area is 92.8 Å². The van der Waals surface area contributed by atoms with Crippen molar-refractivity contribution in [3.05, 3.63) is 35.9 Å². The average molecular weight is 223 g/mol. The van der Waals surface area contributed by atoms with Crippen molar-refractivity contribution in [3.63, 3.8) is 0 Å². The van der Waals surface area contributed by atoms with E-state index >= 15 is 0 Å². The van der Waals surface area contributed by atoms with Gasteiger partial charge < -0.3 is 15.6 Å². The molecule has 0 amide bonds. The quantitative estimate of drug-likeness (QED) is 0.556. The smallest absolute Gasteiger partial charge is 0.321 e. The number of ether oxygens (including phenoxy) is 1. The molecule has 0 saturated heterocycles. The van der Waals surface area contributed by atoms with Gasteiger partial charge in [-0.25, -0.2) is 0 Å². The van der Waals surface area contributed by atoms with Gasteiger partial charge in [0.1, 0.15) is 6.61 Å². The van der Waals surface area contributed by atoms with E-state index < -0.39 is 17.9 Å². The van der Waals surface area contributed by atoms with E-state index in [4.69, 9.17) is 15.6 Å². The van der Waals surface area contributed by atoms with E-state index in [1.807, 2.05) is 6.07 Å². The second kappa shape index (κ2) is 5.87. The van der Waals surface area contributed by atoms with Crippen molar-refractivity contribution in [2.24, 2.45) is 11.7 Å². The van der Waals surface area contributed by atoms with E-state index in [9.17, 15) is 9.59 Å². The fourth-order valence-corrected chi connectivity index (χ4v) is 1.13. The first kappa shape index (κ1) is 12.2. The molecule has 0 aromatic heterocycles. The van der Waals surface area contributed by atoms with Gasteiger partial charge in [0.05, 0.1) is 0 Å². The summed E-state index contributed by atoms with van der Waals surface area (Å²) in [4.78, 5) is 21.9. The van der Waals surface area contributed by atoms with Gasteiger partial charge in [0.25, 0.3) is 0 Å². The summed E-state index contributed by atoms with van der Waals surface area (Å²) in [5.41, 5.74) is 5.96. The monoisotopic (exact) mass is 223 g/mol. The molecule has 0 unspecified atom stereocenters. The number of carboxylic acids is 1. The second-order valence-corrected chi connectivity index (χ2v) is 3.22. The lowest BCUT2D eigenvalue weighted by atomic mass is 10.1. The van der Waals surface area contributed by atoms with Crippen molar-refractivity contribution in [3.8, 4) is 0 Å². The largest absolute Gasteiger partial charge is 0.481 e. The number of nitrogens with two attached hydrogens (primary N) is 1. The standard InChI is InChI=1S/C11H13NO4/c12-6-9(10(13)14)11(15)16-7-8-4-2-1-3-5-8/h1-5,9H,6-7,12H2,(H,13,14)/t9-/m1/s1. The molecule has 1 atom stereocenters. The highest BCUT2D eigenvalue weighted by molar-refractivity contribution is 5.94. The number of carboxylic acid groups (broad SMARTS) is 1. The van der Waals surface area contributed by atoms with E-state index in [0.29, 0.717) is 0 Å². The average Bonchev–Trinajstić information content (AvgIpc) is 2.28. The molecule has 0 aliphatic heterocycles. The molecule has 0 heterocycles. The highest BCUT2D eigenvalue weighted by Crippen LogP contribution is 2.04. The van der Waals surface area contributed by atoms with Crippen molar-refractivity contribution in [2.75, 3.05) is 6.54 Å². The molecule has 16 heavy (non-hydrogen) atoms. The number of hydrogen-bond acceptors (Lipinski definition) is 4. The summed E-state index contributed by atoms with van der Waals surface area (Å²) in [7, 11) is 0. The summed E-state index contributed by atoms with van der Waals surface area (Å²) in [5.74, 6) is -3.36. The van der Waals surface area contributed by atoms with Crippen LogP contribution in [0.4, 0.5) is 0 Å². The van der Waals surface area contributed by atoms with Gasteiger partial charge in [-0.05, 0) is 5.56 Å². The molecule has 0 radical (unpaired) electrons. The van der Waals surface area contributed by atoms with Crippen LogP contribution in [0.2, 0.25) is 0 Å². The van der Waals surface area contributed by atoms with Crippen LogP contribution in [0.1, 0.15) is 5.56 Å². The van der Waals surface area contributed by atoms with Gasteiger partial charge in [0.2, 0.25) is 0 Å². The van der Waals surface area contributed by atoms with Gasteiger partial charge in [0.15, 0.2) is 5.92 Å². The first-order chi connectivity index (χ1) is 7.65. The molecular weight excluding hydrogens is 210 g/mol. The number of carbonyl (C=O) groups excluding carboxylic acids is 1. The van der Waals surface area contributed by atoms with Crippen molar-refractivity contribution in [1.29, 1.82) is 0 Å². The summed E-state index contributed by atoms with van der Waals surface area (Å²) in [6.45, 7) is -0.202. The summed E-state index contributed by atoms with van der Waals surface area (Å²) < 4.78 is 4.84. The Morgan fingerprint density at radius 1 is 1.31 bits per heavy atom. The molecule has 86 valence electrons.